The SMILES string of the molecule is O[C@H](C[C@@H]1CCCCCN1Cc1ccon1)c1ccco1. The predicted molar refractivity (Wildman–Crippen MR) is 77.5 cm³/mol. The topological polar surface area (TPSA) is 62.6 Å². The van der Waals surface area contributed by atoms with Crippen molar-refractivity contribution in [3.63, 3.8) is 0 Å². The van der Waals surface area contributed by atoms with Gasteiger partial charge in [-0.25, -0.2) is 0 Å². The molecule has 0 amide bonds. The Morgan fingerprint density at radius 3 is 3.00 bits per heavy atom. The molecule has 1 N–H and O–H groups in total. The van der Waals surface area contributed by atoms with Gasteiger partial charge < -0.3 is 14.0 Å². The Morgan fingerprint density at radius 1 is 1.29 bits per heavy atom. The molecule has 5 nitrogen and oxygen atoms in total. The van der Waals surface area contributed by atoms with Gasteiger partial charge in [0.05, 0.1) is 12.0 Å². The van der Waals surface area contributed by atoms with Crippen LogP contribution >= 0.6 is 0 Å². The minimum absolute atomic E-state index is 0.351. The second-order valence-electron chi connectivity index (χ2n) is 5.73. The monoisotopic (exact) mass is 290 g/mol. The zero-order chi connectivity index (χ0) is 14.5. The van der Waals surface area contributed by atoms with Gasteiger partial charge in [-0.05, 0) is 37.9 Å². The molecular weight excluding hydrogens is 268 g/mol. The molecule has 0 bridgehead atoms. The number of likely N-dealkylation sites (tertiary alicyclic amines) is 1. The molecule has 0 aromatic carbocycles. The highest BCUT2D eigenvalue weighted by molar-refractivity contribution is 5.03. The Balaban J connectivity index is 1.66. The van der Waals surface area contributed by atoms with Crippen molar-refractivity contribution < 1.29 is 14.0 Å². The number of aromatic nitrogens is 1. The minimum Gasteiger partial charge on any atom is -0.467 e. The summed E-state index contributed by atoms with van der Waals surface area (Å²) in [5, 5.41) is 14.3. The number of nitrogens with zero attached hydrogens (tertiary/aromatic N) is 2. The molecule has 5 heteroatoms. The quantitative estimate of drug-likeness (QED) is 0.916. The van der Waals surface area contributed by atoms with Crippen LogP contribution in [0.1, 0.15) is 49.7 Å². The highest BCUT2D eigenvalue weighted by Gasteiger charge is 2.25. The minimum atomic E-state index is -0.539. The number of aliphatic hydroxyl groups excluding tert-OH is 1. The molecule has 114 valence electrons. The van der Waals surface area contributed by atoms with Crippen molar-refractivity contribution in [3.8, 4) is 0 Å². The van der Waals surface area contributed by atoms with Crippen LogP contribution in [0.5, 0.6) is 0 Å². The van der Waals surface area contributed by atoms with Crippen molar-refractivity contribution in [1.82, 2.24) is 10.1 Å². The Morgan fingerprint density at radius 2 is 2.24 bits per heavy atom. The molecule has 3 heterocycles. The van der Waals surface area contributed by atoms with Crippen LogP contribution in [0.15, 0.2) is 39.7 Å². The fraction of sp³-hybridized carbons (Fsp3) is 0.562. The Hall–Kier alpha value is -1.59. The number of hydrogen-bond acceptors (Lipinski definition) is 5. The maximum absolute atomic E-state index is 10.3. The summed E-state index contributed by atoms with van der Waals surface area (Å²) in [6, 6.07) is 5.91. The lowest BCUT2D eigenvalue weighted by Crippen LogP contribution is -2.35. The van der Waals surface area contributed by atoms with E-state index in [4.69, 9.17) is 8.94 Å². The van der Waals surface area contributed by atoms with Crippen LogP contribution in [0.2, 0.25) is 0 Å². The summed E-state index contributed by atoms with van der Waals surface area (Å²) in [5.74, 6) is 0.653. The van der Waals surface area contributed by atoms with Gasteiger partial charge in [-0.3, -0.25) is 4.90 Å². The zero-order valence-corrected chi connectivity index (χ0v) is 12.1. The van der Waals surface area contributed by atoms with Gasteiger partial charge in [-0.1, -0.05) is 18.0 Å². The first-order valence-electron chi connectivity index (χ1n) is 7.67. The molecule has 0 radical (unpaired) electrons. The summed E-state index contributed by atoms with van der Waals surface area (Å²) >= 11 is 0. The first-order valence-corrected chi connectivity index (χ1v) is 7.67. The Kier molecular flexibility index (Phi) is 4.72. The molecule has 1 aliphatic heterocycles. The summed E-state index contributed by atoms with van der Waals surface area (Å²) in [7, 11) is 0. The van der Waals surface area contributed by atoms with Gasteiger partial charge in [0.15, 0.2) is 0 Å². The highest BCUT2D eigenvalue weighted by atomic mass is 16.5. The number of hydrogen-bond donors (Lipinski definition) is 1. The zero-order valence-electron chi connectivity index (χ0n) is 12.1. The summed E-state index contributed by atoms with van der Waals surface area (Å²) in [4.78, 5) is 2.41. The second kappa shape index (κ2) is 6.91. The molecule has 0 spiro atoms. The van der Waals surface area contributed by atoms with E-state index in [1.54, 1.807) is 12.5 Å². The van der Waals surface area contributed by atoms with Crippen molar-refractivity contribution >= 4 is 0 Å². The molecule has 0 aliphatic carbocycles. The molecule has 1 saturated heterocycles. The fourth-order valence-corrected chi connectivity index (χ4v) is 3.09. The maximum Gasteiger partial charge on any atom is 0.132 e. The molecule has 2 aromatic heterocycles. The van der Waals surface area contributed by atoms with Crippen LogP contribution in [0.4, 0.5) is 0 Å². The molecule has 21 heavy (non-hydrogen) atoms. The molecule has 0 unspecified atom stereocenters. The van der Waals surface area contributed by atoms with E-state index < -0.39 is 6.10 Å². The first kappa shape index (κ1) is 14.4. The lowest BCUT2D eigenvalue weighted by atomic mass is 10.0. The lowest BCUT2D eigenvalue weighted by molar-refractivity contribution is 0.0820. The van der Waals surface area contributed by atoms with E-state index in [2.05, 4.69) is 10.1 Å². The maximum atomic E-state index is 10.3. The van der Waals surface area contributed by atoms with Crippen LogP contribution in [0.3, 0.4) is 0 Å². The molecule has 2 atom stereocenters. The third-order valence-corrected chi connectivity index (χ3v) is 4.22. The van der Waals surface area contributed by atoms with Crippen LogP contribution < -0.4 is 0 Å². The average molecular weight is 290 g/mol. The van der Waals surface area contributed by atoms with Crippen LogP contribution in [-0.4, -0.2) is 27.7 Å². The van der Waals surface area contributed by atoms with E-state index in [0.29, 0.717) is 18.2 Å². The van der Waals surface area contributed by atoms with Crippen molar-refractivity contribution in [1.29, 1.82) is 0 Å². The van der Waals surface area contributed by atoms with E-state index in [-0.39, 0.29) is 0 Å². The number of aliphatic hydroxyl groups is 1. The summed E-state index contributed by atoms with van der Waals surface area (Å²) in [6.45, 7) is 1.83. The van der Waals surface area contributed by atoms with Gasteiger partial charge in [-0.2, -0.15) is 0 Å². The van der Waals surface area contributed by atoms with E-state index in [0.717, 1.165) is 25.2 Å². The average Bonchev–Trinajstić information content (AvgIpc) is 3.14. The smallest absolute Gasteiger partial charge is 0.132 e. The summed E-state index contributed by atoms with van der Waals surface area (Å²) < 4.78 is 10.2. The molecular formula is C16H22N2O3. The van der Waals surface area contributed by atoms with Gasteiger partial charge in [0, 0.05) is 18.7 Å². The van der Waals surface area contributed by atoms with Crippen LogP contribution in [0, 0.1) is 0 Å². The normalized spacial score (nSPS) is 22.0. The van der Waals surface area contributed by atoms with Crippen molar-refractivity contribution in [2.75, 3.05) is 6.54 Å². The van der Waals surface area contributed by atoms with Crippen molar-refractivity contribution in [3.05, 3.63) is 42.2 Å². The molecule has 1 fully saturated rings. The van der Waals surface area contributed by atoms with Crippen LogP contribution in [-0.2, 0) is 6.54 Å². The fourth-order valence-electron chi connectivity index (χ4n) is 3.09. The number of rotatable bonds is 5. The second-order valence-corrected chi connectivity index (χ2v) is 5.73. The Bertz CT molecular complexity index is 510. The van der Waals surface area contributed by atoms with E-state index in [1.165, 1.54) is 19.3 Å². The van der Waals surface area contributed by atoms with E-state index in [1.807, 2.05) is 18.2 Å². The third-order valence-electron chi connectivity index (χ3n) is 4.22. The van der Waals surface area contributed by atoms with Crippen molar-refractivity contribution in [2.45, 2.75) is 50.8 Å². The molecule has 2 aromatic rings. The first-order chi connectivity index (χ1) is 10.3. The van der Waals surface area contributed by atoms with Gasteiger partial charge in [-0.15, -0.1) is 0 Å². The summed E-state index contributed by atoms with van der Waals surface area (Å²) in [6.07, 6.45) is 8.15. The molecule has 3 rings (SSSR count). The molecule has 0 saturated carbocycles. The van der Waals surface area contributed by atoms with Crippen LogP contribution in [0.25, 0.3) is 0 Å². The number of furan rings is 1. The van der Waals surface area contributed by atoms with Gasteiger partial charge in [0.2, 0.25) is 0 Å². The van der Waals surface area contributed by atoms with Gasteiger partial charge in [0.25, 0.3) is 0 Å². The predicted octanol–water partition coefficient (Wildman–Crippen LogP) is 3.14. The third kappa shape index (κ3) is 3.74. The van der Waals surface area contributed by atoms with Crippen molar-refractivity contribution in [2.24, 2.45) is 0 Å². The lowest BCUT2D eigenvalue weighted by Gasteiger charge is -2.30. The standard InChI is InChI=1S/C16H22N2O3/c19-15(16-6-4-9-20-16)11-14-5-2-1-3-8-18(14)12-13-7-10-21-17-13/h4,6-7,9-10,14-15,19H,1-3,5,8,11-12H2/t14-,15+/m0/s1. The Labute approximate surface area is 124 Å². The highest BCUT2D eigenvalue weighted by Crippen LogP contribution is 2.27. The summed E-state index contributed by atoms with van der Waals surface area (Å²) in [5.41, 5.74) is 0.953. The van der Waals surface area contributed by atoms with Gasteiger partial charge in [0.1, 0.15) is 18.1 Å². The molecule has 1 aliphatic rings. The van der Waals surface area contributed by atoms with E-state index >= 15 is 0 Å². The van der Waals surface area contributed by atoms with Gasteiger partial charge >= 0.3 is 0 Å². The van der Waals surface area contributed by atoms with E-state index in [9.17, 15) is 5.11 Å². The largest absolute Gasteiger partial charge is 0.467 e.